The molecule has 4 rings (SSSR count). The summed E-state index contributed by atoms with van der Waals surface area (Å²) in [6.07, 6.45) is 4.96. The van der Waals surface area contributed by atoms with Gasteiger partial charge in [-0.2, -0.15) is 0 Å². The number of amides is 1. The standard InChI is InChI=1S/C25H29N3O/c1-2-15-28(25(29)22-12-13-24-21(17-22)10-6-14-26-24)23-11-7-16-27(19-23)18-20-8-4-3-5-9-20/h3-6,8-10,12-14,17,23H,2,7,11,15-16,18-19H2,1H3. The Balaban J connectivity index is 1.51. The Morgan fingerprint density at radius 1 is 1.14 bits per heavy atom. The fourth-order valence-electron chi connectivity index (χ4n) is 4.34. The van der Waals surface area contributed by atoms with Crippen molar-refractivity contribution in [3.63, 3.8) is 0 Å². The number of hydrogen-bond donors (Lipinski definition) is 0. The summed E-state index contributed by atoms with van der Waals surface area (Å²) in [5, 5.41) is 1.02. The highest BCUT2D eigenvalue weighted by Gasteiger charge is 2.28. The molecular weight excluding hydrogens is 358 g/mol. The van der Waals surface area contributed by atoms with Gasteiger partial charge in [-0.1, -0.05) is 43.3 Å². The van der Waals surface area contributed by atoms with Crippen molar-refractivity contribution < 1.29 is 4.79 Å². The van der Waals surface area contributed by atoms with Gasteiger partial charge in [-0.3, -0.25) is 14.7 Å². The lowest BCUT2D eigenvalue weighted by atomic mass is 10.0. The van der Waals surface area contributed by atoms with Crippen molar-refractivity contribution in [3.8, 4) is 0 Å². The second-order valence-electron chi connectivity index (χ2n) is 7.93. The number of carbonyl (C=O) groups is 1. The van der Waals surface area contributed by atoms with Gasteiger partial charge in [-0.25, -0.2) is 0 Å². The maximum atomic E-state index is 13.4. The summed E-state index contributed by atoms with van der Waals surface area (Å²) in [4.78, 5) is 22.4. The van der Waals surface area contributed by atoms with Gasteiger partial charge in [0.25, 0.3) is 5.91 Å². The molecule has 0 bridgehead atoms. The van der Waals surface area contributed by atoms with Crippen LogP contribution in [0.5, 0.6) is 0 Å². The lowest BCUT2D eigenvalue weighted by Crippen LogP contribution is -2.50. The average molecular weight is 388 g/mol. The Labute approximate surface area is 173 Å². The molecule has 4 nitrogen and oxygen atoms in total. The summed E-state index contributed by atoms with van der Waals surface area (Å²) in [6, 6.07) is 20.7. The zero-order valence-corrected chi connectivity index (χ0v) is 17.1. The van der Waals surface area contributed by atoms with E-state index in [-0.39, 0.29) is 11.9 Å². The van der Waals surface area contributed by atoms with Crippen molar-refractivity contribution in [3.05, 3.63) is 78.0 Å². The highest BCUT2D eigenvalue weighted by Crippen LogP contribution is 2.22. The van der Waals surface area contributed by atoms with E-state index in [9.17, 15) is 4.79 Å². The lowest BCUT2D eigenvalue weighted by molar-refractivity contribution is 0.0534. The number of hydrogen-bond acceptors (Lipinski definition) is 3. The topological polar surface area (TPSA) is 36.4 Å². The third-order valence-corrected chi connectivity index (χ3v) is 5.75. The number of pyridine rings is 1. The normalized spacial score (nSPS) is 17.3. The Bertz CT molecular complexity index is 956. The number of likely N-dealkylation sites (tertiary alicyclic amines) is 1. The van der Waals surface area contributed by atoms with Crippen LogP contribution in [0.4, 0.5) is 0 Å². The molecule has 0 aliphatic carbocycles. The van der Waals surface area contributed by atoms with E-state index in [2.05, 4.69) is 52.0 Å². The van der Waals surface area contributed by atoms with Gasteiger partial charge in [0.1, 0.15) is 0 Å². The first-order valence-electron chi connectivity index (χ1n) is 10.7. The number of benzene rings is 2. The fourth-order valence-corrected chi connectivity index (χ4v) is 4.34. The zero-order chi connectivity index (χ0) is 20.1. The van der Waals surface area contributed by atoms with Crippen molar-refractivity contribution in [2.45, 2.75) is 38.8 Å². The van der Waals surface area contributed by atoms with Crippen molar-refractivity contribution in [1.29, 1.82) is 0 Å². The first-order valence-corrected chi connectivity index (χ1v) is 10.7. The second kappa shape index (κ2) is 9.19. The molecule has 1 aliphatic rings. The van der Waals surface area contributed by atoms with Crippen LogP contribution in [-0.2, 0) is 6.54 Å². The van der Waals surface area contributed by atoms with Crippen molar-refractivity contribution in [1.82, 2.24) is 14.8 Å². The molecule has 0 N–H and O–H groups in total. The molecule has 1 saturated heterocycles. The van der Waals surface area contributed by atoms with Gasteiger partial charge in [0.2, 0.25) is 0 Å². The minimum Gasteiger partial charge on any atom is -0.334 e. The molecule has 4 heteroatoms. The Hall–Kier alpha value is -2.72. The monoisotopic (exact) mass is 387 g/mol. The van der Waals surface area contributed by atoms with Crippen LogP contribution in [0.15, 0.2) is 66.9 Å². The van der Waals surface area contributed by atoms with Crippen LogP contribution in [0.1, 0.15) is 42.1 Å². The van der Waals surface area contributed by atoms with E-state index < -0.39 is 0 Å². The molecule has 0 saturated carbocycles. The van der Waals surface area contributed by atoms with E-state index in [0.29, 0.717) is 0 Å². The molecule has 3 aromatic rings. The minimum atomic E-state index is 0.143. The van der Waals surface area contributed by atoms with Gasteiger partial charge in [-0.15, -0.1) is 0 Å². The molecule has 29 heavy (non-hydrogen) atoms. The van der Waals surface area contributed by atoms with E-state index in [1.807, 2.05) is 30.3 Å². The maximum Gasteiger partial charge on any atom is 0.254 e. The number of carbonyl (C=O) groups excluding carboxylic acids is 1. The summed E-state index contributed by atoms with van der Waals surface area (Å²) >= 11 is 0. The Kier molecular flexibility index (Phi) is 6.20. The third-order valence-electron chi connectivity index (χ3n) is 5.75. The van der Waals surface area contributed by atoms with Gasteiger partial charge < -0.3 is 4.90 Å². The number of piperidine rings is 1. The van der Waals surface area contributed by atoms with Crippen LogP contribution in [0.3, 0.4) is 0 Å². The Morgan fingerprint density at radius 2 is 2.00 bits per heavy atom. The molecular formula is C25H29N3O. The van der Waals surface area contributed by atoms with E-state index in [0.717, 1.165) is 61.9 Å². The highest BCUT2D eigenvalue weighted by molar-refractivity contribution is 5.98. The average Bonchev–Trinajstić information content (AvgIpc) is 2.77. The van der Waals surface area contributed by atoms with Gasteiger partial charge >= 0.3 is 0 Å². The molecule has 1 atom stereocenters. The quantitative estimate of drug-likeness (QED) is 0.612. The summed E-state index contributed by atoms with van der Waals surface area (Å²) in [7, 11) is 0. The zero-order valence-electron chi connectivity index (χ0n) is 17.1. The molecule has 1 amide bonds. The molecule has 1 unspecified atom stereocenters. The number of aromatic nitrogens is 1. The number of rotatable bonds is 6. The van der Waals surface area contributed by atoms with Crippen LogP contribution < -0.4 is 0 Å². The predicted molar refractivity (Wildman–Crippen MR) is 118 cm³/mol. The van der Waals surface area contributed by atoms with Crippen molar-refractivity contribution in [2.75, 3.05) is 19.6 Å². The van der Waals surface area contributed by atoms with E-state index >= 15 is 0 Å². The molecule has 150 valence electrons. The summed E-state index contributed by atoms with van der Waals surface area (Å²) in [5.74, 6) is 0.143. The molecule has 1 aliphatic heterocycles. The molecule has 2 aromatic carbocycles. The fraction of sp³-hybridized carbons (Fsp3) is 0.360. The minimum absolute atomic E-state index is 0.143. The van der Waals surface area contributed by atoms with Gasteiger partial charge in [-0.05, 0) is 55.6 Å². The molecule has 2 heterocycles. The van der Waals surface area contributed by atoms with Crippen LogP contribution in [0, 0.1) is 0 Å². The van der Waals surface area contributed by atoms with E-state index in [1.165, 1.54) is 5.56 Å². The first-order chi connectivity index (χ1) is 14.2. The molecule has 1 aromatic heterocycles. The Morgan fingerprint density at radius 3 is 2.83 bits per heavy atom. The molecule has 0 radical (unpaired) electrons. The smallest absolute Gasteiger partial charge is 0.254 e. The molecule has 1 fully saturated rings. The third kappa shape index (κ3) is 4.65. The highest BCUT2D eigenvalue weighted by atomic mass is 16.2. The van der Waals surface area contributed by atoms with Crippen LogP contribution in [0.2, 0.25) is 0 Å². The van der Waals surface area contributed by atoms with Crippen LogP contribution in [-0.4, -0.2) is 46.4 Å². The second-order valence-corrected chi connectivity index (χ2v) is 7.93. The van der Waals surface area contributed by atoms with Crippen LogP contribution >= 0.6 is 0 Å². The summed E-state index contributed by atoms with van der Waals surface area (Å²) in [6.45, 7) is 5.94. The first kappa shape index (κ1) is 19.6. The maximum absolute atomic E-state index is 13.4. The number of nitrogens with zero attached hydrogens (tertiary/aromatic N) is 3. The van der Waals surface area contributed by atoms with Crippen LogP contribution in [0.25, 0.3) is 10.9 Å². The summed E-state index contributed by atoms with van der Waals surface area (Å²) < 4.78 is 0. The predicted octanol–water partition coefficient (Wildman–Crippen LogP) is 4.75. The number of fused-ring (bicyclic) bond motifs is 1. The largest absolute Gasteiger partial charge is 0.334 e. The van der Waals surface area contributed by atoms with E-state index in [4.69, 9.17) is 0 Å². The van der Waals surface area contributed by atoms with Crippen molar-refractivity contribution in [2.24, 2.45) is 0 Å². The SMILES string of the molecule is CCCN(C(=O)c1ccc2ncccc2c1)C1CCCN(Cc2ccccc2)C1. The molecule has 0 spiro atoms. The van der Waals surface area contributed by atoms with E-state index in [1.54, 1.807) is 6.20 Å². The van der Waals surface area contributed by atoms with Gasteiger partial charge in [0, 0.05) is 42.8 Å². The van der Waals surface area contributed by atoms with Gasteiger partial charge in [0.05, 0.1) is 5.52 Å². The summed E-state index contributed by atoms with van der Waals surface area (Å²) in [5.41, 5.74) is 3.03. The lowest BCUT2D eigenvalue weighted by Gasteiger charge is -2.39. The van der Waals surface area contributed by atoms with Crippen molar-refractivity contribution >= 4 is 16.8 Å². The van der Waals surface area contributed by atoms with Gasteiger partial charge in [0.15, 0.2) is 0 Å².